The van der Waals surface area contributed by atoms with Crippen molar-refractivity contribution in [2.24, 2.45) is 23.1 Å². The van der Waals surface area contributed by atoms with Crippen LogP contribution in [0.1, 0.15) is 40.0 Å². The molecule has 0 aliphatic heterocycles. The highest BCUT2D eigenvalue weighted by Crippen LogP contribution is 2.05. The van der Waals surface area contributed by atoms with Gasteiger partial charge in [0, 0.05) is 6.42 Å². The van der Waals surface area contributed by atoms with Gasteiger partial charge in [-0.3, -0.25) is 24.0 Å². The smallest absolute Gasteiger partial charge is 0.326 e. The number of nitrogens with one attached hydrogen (secondary N) is 3. The van der Waals surface area contributed by atoms with Crippen LogP contribution in [0.3, 0.4) is 0 Å². The zero-order valence-corrected chi connectivity index (χ0v) is 17.1. The molecule has 10 N–H and O–H groups in total. The molecule has 0 radical (unpaired) electrons. The van der Waals surface area contributed by atoms with E-state index in [0.717, 1.165) is 0 Å². The summed E-state index contributed by atoms with van der Waals surface area (Å²) in [5.74, 6) is -5.68. The zero-order valence-electron chi connectivity index (χ0n) is 17.1. The van der Waals surface area contributed by atoms with E-state index in [-0.39, 0.29) is 12.8 Å². The number of hydrogen-bond donors (Lipinski definition) is 7. The third-order valence-corrected chi connectivity index (χ3v) is 4.06. The average molecular weight is 430 g/mol. The van der Waals surface area contributed by atoms with E-state index < -0.39 is 72.0 Å². The van der Waals surface area contributed by atoms with Gasteiger partial charge in [-0.15, -0.1) is 0 Å². The molecule has 0 aliphatic rings. The molecule has 0 aliphatic carbocycles. The maximum absolute atomic E-state index is 12.4. The van der Waals surface area contributed by atoms with Crippen LogP contribution in [0.15, 0.2) is 0 Å². The Morgan fingerprint density at radius 3 is 1.83 bits per heavy atom. The minimum Gasteiger partial charge on any atom is -0.480 e. The Bertz CT molecular complexity index is 682. The van der Waals surface area contributed by atoms with Crippen molar-refractivity contribution < 1.29 is 33.9 Å². The lowest BCUT2D eigenvalue weighted by Crippen LogP contribution is -2.58. The second-order valence-corrected chi connectivity index (χ2v) is 7.14. The Balaban J connectivity index is 4.99. The largest absolute Gasteiger partial charge is 0.480 e. The summed E-state index contributed by atoms with van der Waals surface area (Å²) in [5, 5.41) is 16.0. The molecule has 0 aromatic carbocycles. The maximum Gasteiger partial charge on any atom is 0.326 e. The van der Waals surface area contributed by atoms with Gasteiger partial charge in [-0.1, -0.05) is 13.8 Å². The third kappa shape index (κ3) is 9.82. The first-order chi connectivity index (χ1) is 13.8. The number of amides is 5. The molecular formula is C17H30N6O7. The summed E-state index contributed by atoms with van der Waals surface area (Å²) < 4.78 is 0. The Hall–Kier alpha value is -3.22. The van der Waals surface area contributed by atoms with Gasteiger partial charge in [-0.05, 0) is 19.3 Å². The van der Waals surface area contributed by atoms with Crippen LogP contribution < -0.4 is 33.2 Å². The van der Waals surface area contributed by atoms with Gasteiger partial charge in [0.2, 0.25) is 29.5 Å². The maximum atomic E-state index is 12.4. The van der Waals surface area contributed by atoms with Crippen molar-refractivity contribution >= 4 is 35.5 Å². The minimum absolute atomic E-state index is 0.00295. The number of primary amides is 2. The van der Waals surface area contributed by atoms with Crippen molar-refractivity contribution in [3.05, 3.63) is 0 Å². The number of carboxylic acids is 1. The quantitative estimate of drug-likeness (QED) is 0.155. The number of nitrogens with two attached hydrogens (primary N) is 3. The van der Waals surface area contributed by atoms with Crippen molar-refractivity contribution in [2.75, 3.05) is 0 Å². The molecule has 0 bridgehead atoms. The zero-order chi connectivity index (χ0) is 23.6. The lowest BCUT2D eigenvalue weighted by molar-refractivity contribution is -0.144. The number of aliphatic carboxylic acids is 1. The van der Waals surface area contributed by atoms with Gasteiger partial charge < -0.3 is 38.3 Å². The molecule has 0 spiro atoms. The first kappa shape index (κ1) is 26.8. The molecule has 170 valence electrons. The van der Waals surface area contributed by atoms with Crippen molar-refractivity contribution in [2.45, 2.75) is 64.2 Å². The van der Waals surface area contributed by atoms with E-state index in [1.54, 1.807) is 13.8 Å². The lowest BCUT2D eigenvalue weighted by atomic mass is 10.0. The number of carbonyl (C=O) groups is 6. The summed E-state index contributed by atoms with van der Waals surface area (Å²) in [5.41, 5.74) is 15.6. The fourth-order valence-corrected chi connectivity index (χ4v) is 2.29. The molecule has 0 fully saturated rings. The van der Waals surface area contributed by atoms with Gasteiger partial charge in [0.1, 0.15) is 18.1 Å². The van der Waals surface area contributed by atoms with E-state index >= 15 is 0 Å². The molecule has 0 rings (SSSR count). The van der Waals surface area contributed by atoms with Crippen LogP contribution in [0.5, 0.6) is 0 Å². The Labute approximate surface area is 173 Å². The Morgan fingerprint density at radius 1 is 0.833 bits per heavy atom. The number of carboxylic acid groups (broad SMARTS) is 1. The Kier molecular flexibility index (Phi) is 11.0. The molecule has 5 amide bonds. The fraction of sp³-hybridized carbons (Fsp3) is 0.647. The molecular weight excluding hydrogens is 400 g/mol. The fourth-order valence-electron chi connectivity index (χ4n) is 2.29. The van der Waals surface area contributed by atoms with Crippen molar-refractivity contribution in [1.29, 1.82) is 0 Å². The molecule has 4 atom stereocenters. The molecule has 13 nitrogen and oxygen atoms in total. The lowest BCUT2D eigenvalue weighted by Gasteiger charge is -2.25. The summed E-state index contributed by atoms with van der Waals surface area (Å²) in [6.07, 6.45) is -0.709. The summed E-state index contributed by atoms with van der Waals surface area (Å²) in [7, 11) is 0. The van der Waals surface area contributed by atoms with Crippen LogP contribution in [0.4, 0.5) is 0 Å². The third-order valence-electron chi connectivity index (χ3n) is 4.06. The van der Waals surface area contributed by atoms with E-state index in [0.29, 0.717) is 0 Å². The highest BCUT2D eigenvalue weighted by Gasteiger charge is 2.31. The SMILES string of the molecule is CC(NC(=O)C(N)CCC(N)=O)C(=O)NC(C(=O)NC(CC(N)=O)C(=O)O)C(C)C. The van der Waals surface area contributed by atoms with Crippen LogP contribution in [-0.4, -0.2) is 64.8 Å². The van der Waals surface area contributed by atoms with Gasteiger partial charge in [-0.2, -0.15) is 0 Å². The van der Waals surface area contributed by atoms with Crippen molar-refractivity contribution in [3.8, 4) is 0 Å². The average Bonchev–Trinajstić information content (AvgIpc) is 2.61. The topological polar surface area (TPSA) is 237 Å². The number of rotatable bonds is 13. The summed E-state index contributed by atoms with van der Waals surface area (Å²) in [6, 6.07) is -4.82. The molecule has 4 unspecified atom stereocenters. The summed E-state index contributed by atoms with van der Waals surface area (Å²) in [6.45, 7) is 4.57. The van der Waals surface area contributed by atoms with E-state index in [2.05, 4.69) is 16.0 Å². The first-order valence-corrected chi connectivity index (χ1v) is 9.22. The highest BCUT2D eigenvalue weighted by molar-refractivity contribution is 5.94. The molecule has 30 heavy (non-hydrogen) atoms. The number of hydrogen-bond acceptors (Lipinski definition) is 7. The molecule has 0 saturated carbocycles. The summed E-state index contributed by atoms with van der Waals surface area (Å²) >= 11 is 0. The van der Waals surface area contributed by atoms with Gasteiger partial charge in [0.25, 0.3) is 0 Å². The van der Waals surface area contributed by atoms with Gasteiger partial charge in [-0.25, -0.2) is 4.79 Å². The molecule has 13 heteroatoms. The van der Waals surface area contributed by atoms with Gasteiger partial charge >= 0.3 is 5.97 Å². The number of carbonyl (C=O) groups excluding carboxylic acids is 5. The molecule has 0 saturated heterocycles. The van der Waals surface area contributed by atoms with Gasteiger partial charge in [0.15, 0.2) is 0 Å². The first-order valence-electron chi connectivity index (χ1n) is 9.22. The second-order valence-electron chi connectivity index (χ2n) is 7.14. The molecule has 0 aromatic heterocycles. The van der Waals surface area contributed by atoms with E-state index in [1.165, 1.54) is 6.92 Å². The predicted molar refractivity (Wildman–Crippen MR) is 104 cm³/mol. The Morgan fingerprint density at radius 2 is 1.40 bits per heavy atom. The molecule has 0 heterocycles. The van der Waals surface area contributed by atoms with Crippen LogP contribution in [0.2, 0.25) is 0 Å². The summed E-state index contributed by atoms with van der Waals surface area (Å²) in [4.78, 5) is 69.7. The van der Waals surface area contributed by atoms with Crippen LogP contribution in [0, 0.1) is 5.92 Å². The molecule has 0 aromatic rings. The van der Waals surface area contributed by atoms with Crippen molar-refractivity contribution in [1.82, 2.24) is 16.0 Å². The normalized spacial score (nSPS) is 14.7. The van der Waals surface area contributed by atoms with Gasteiger partial charge in [0.05, 0.1) is 12.5 Å². The van der Waals surface area contributed by atoms with E-state index in [1.807, 2.05) is 0 Å². The van der Waals surface area contributed by atoms with E-state index in [4.69, 9.17) is 22.3 Å². The van der Waals surface area contributed by atoms with E-state index in [9.17, 15) is 28.8 Å². The minimum atomic E-state index is -1.55. The standard InChI is InChI=1S/C17H30N6O7/c1-7(2)13(16(28)22-10(17(29)30)6-12(20)25)23-14(26)8(3)21-15(27)9(18)4-5-11(19)24/h7-10,13H,4-6,18H2,1-3H3,(H2,19,24)(H2,20,25)(H,21,27)(H,22,28)(H,23,26)(H,29,30). The van der Waals surface area contributed by atoms with Crippen LogP contribution in [0.25, 0.3) is 0 Å². The van der Waals surface area contributed by atoms with Crippen LogP contribution in [-0.2, 0) is 28.8 Å². The monoisotopic (exact) mass is 430 g/mol. The second kappa shape index (κ2) is 12.4. The van der Waals surface area contributed by atoms with Crippen LogP contribution >= 0.6 is 0 Å². The highest BCUT2D eigenvalue weighted by atomic mass is 16.4. The predicted octanol–water partition coefficient (Wildman–Crippen LogP) is -3.33. The van der Waals surface area contributed by atoms with Crippen molar-refractivity contribution in [3.63, 3.8) is 0 Å².